The molecule has 0 aromatic heterocycles. The molecule has 1 fully saturated rings. The number of non-ortho nitro benzene ring substituents is 1. The van der Waals surface area contributed by atoms with Gasteiger partial charge in [-0.15, -0.1) is 0 Å². The molecule has 0 atom stereocenters. The van der Waals surface area contributed by atoms with Crippen LogP contribution in [0.1, 0.15) is 37.7 Å². The summed E-state index contributed by atoms with van der Waals surface area (Å²) in [5, 5.41) is 14.6. The molecule has 0 heterocycles. The molecule has 0 bridgehead atoms. The van der Waals surface area contributed by atoms with E-state index in [0.717, 1.165) is 18.0 Å². The molecule has 1 N–H and O–H groups in total. The fourth-order valence-corrected chi connectivity index (χ4v) is 2.82. The van der Waals surface area contributed by atoms with Crippen molar-refractivity contribution >= 4 is 17.3 Å². The average molecular weight is 283 g/mol. The fraction of sp³-hybridized carbons (Fsp3) is 0.571. The maximum Gasteiger partial charge on any atom is 0.269 e. The van der Waals surface area contributed by atoms with E-state index in [9.17, 15) is 10.1 Å². The molecule has 19 heavy (non-hydrogen) atoms. The van der Waals surface area contributed by atoms with Crippen molar-refractivity contribution in [2.45, 2.75) is 38.6 Å². The number of rotatable bonds is 6. The molecule has 5 heteroatoms. The molecule has 0 spiro atoms. The molecule has 2 rings (SSSR count). The first-order valence-corrected chi connectivity index (χ1v) is 7.18. The quantitative estimate of drug-likeness (QED) is 0.489. The van der Waals surface area contributed by atoms with Gasteiger partial charge in [-0.05, 0) is 30.5 Å². The lowest BCUT2D eigenvalue weighted by molar-refractivity contribution is -0.384. The maximum atomic E-state index is 10.7. The maximum absolute atomic E-state index is 10.7. The molecular weight excluding hydrogens is 264 g/mol. The largest absolute Gasteiger partial charge is 0.313 e. The van der Waals surface area contributed by atoms with E-state index in [1.807, 2.05) is 0 Å². The Kier molecular flexibility index (Phi) is 5.16. The highest BCUT2D eigenvalue weighted by atomic mass is 35.5. The summed E-state index contributed by atoms with van der Waals surface area (Å²) in [5.74, 6) is 0.855. The van der Waals surface area contributed by atoms with Crippen LogP contribution in [0.5, 0.6) is 0 Å². The first-order valence-electron chi connectivity index (χ1n) is 6.80. The van der Waals surface area contributed by atoms with Gasteiger partial charge in [0.25, 0.3) is 5.69 Å². The molecule has 0 aliphatic heterocycles. The third-order valence-corrected chi connectivity index (χ3v) is 4.13. The number of nitro groups is 1. The predicted octanol–water partition coefficient (Wildman–Crippen LogP) is 3.92. The highest BCUT2D eigenvalue weighted by molar-refractivity contribution is 6.31. The molecule has 104 valence electrons. The van der Waals surface area contributed by atoms with Gasteiger partial charge in [-0.3, -0.25) is 10.1 Å². The molecule has 1 aromatic rings. The third kappa shape index (κ3) is 4.18. The Bertz CT molecular complexity index is 445. The Hall–Kier alpha value is -1.13. The van der Waals surface area contributed by atoms with Gasteiger partial charge in [0.05, 0.1) is 4.92 Å². The average Bonchev–Trinajstić information content (AvgIpc) is 2.89. The fourth-order valence-electron chi connectivity index (χ4n) is 2.64. The van der Waals surface area contributed by atoms with E-state index in [2.05, 4.69) is 5.32 Å². The second-order valence-corrected chi connectivity index (χ2v) is 5.56. The van der Waals surface area contributed by atoms with Gasteiger partial charge in [0, 0.05) is 23.7 Å². The van der Waals surface area contributed by atoms with Crippen LogP contribution in [-0.2, 0) is 6.54 Å². The Balaban J connectivity index is 1.81. The van der Waals surface area contributed by atoms with Crippen LogP contribution in [-0.4, -0.2) is 11.5 Å². The lowest BCUT2D eigenvalue weighted by atomic mass is 10.0. The molecule has 1 saturated carbocycles. The summed E-state index contributed by atoms with van der Waals surface area (Å²) in [6.45, 7) is 1.54. The van der Waals surface area contributed by atoms with Gasteiger partial charge in [-0.1, -0.05) is 37.3 Å². The van der Waals surface area contributed by atoms with E-state index in [4.69, 9.17) is 11.6 Å². The number of nitrogens with one attached hydrogen (secondary N) is 1. The van der Waals surface area contributed by atoms with Gasteiger partial charge in [-0.2, -0.15) is 0 Å². The summed E-state index contributed by atoms with van der Waals surface area (Å²) in [6.07, 6.45) is 6.60. The van der Waals surface area contributed by atoms with Crippen molar-refractivity contribution in [3.05, 3.63) is 38.9 Å². The Morgan fingerprint density at radius 3 is 2.79 bits per heavy atom. The number of benzene rings is 1. The Morgan fingerprint density at radius 1 is 1.37 bits per heavy atom. The topological polar surface area (TPSA) is 55.2 Å². The van der Waals surface area contributed by atoms with Crippen molar-refractivity contribution in [1.29, 1.82) is 0 Å². The smallest absolute Gasteiger partial charge is 0.269 e. The normalized spacial score (nSPS) is 15.8. The first-order chi connectivity index (χ1) is 9.16. The molecule has 1 aromatic carbocycles. The van der Waals surface area contributed by atoms with E-state index in [0.29, 0.717) is 11.6 Å². The van der Waals surface area contributed by atoms with Crippen LogP contribution in [0.2, 0.25) is 5.02 Å². The van der Waals surface area contributed by atoms with Crippen LogP contribution in [0.25, 0.3) is 0 Å². The Labute approximate surface area is 118 Å². The summed E-state index contributed by atoms with van der Waals surface area (Å²) < 4.78 is 0. The number of hydrogen-bond acceptors (Lipinski definition) is 3. The zero-order valence-corrected chi connectivity index (χ0v) is 11.7. The standard InChI is InChI=1S/C14H19ClN2O2/c15-14-6-5-13(17(18)19)9-12(14)10-16-8-7-11-3-1-2-4-11/h5-6,9,11,16H,1-4,7-8,10H2. The zero-order chi connectivity index (χ0) is 13.7. The second-order valence-electron chi connectivity index (χ2n) is 5.15. The van der Waals surface area contributed by atoms with Crippen LogP contribution >= 0.6 is 11.6 Å². The minimum Gasteiger partial charge on any atom is -0.313 e. The minimum atomic E-state index is -0.391. The molecule has 4 nitrogen and oxygen atoms in total. The molecule has 0 amide bonds. The lowest BCUT2D eigenvalue weighted by Gasteiger charge is -2.10. The van der Waals surface area contributed by atoms with Gasteiger partial charge < -0.3 is 5.32 Å². The molecule has 0 saturated heterocycles. The summed E-state index contributed by atoms with van der Waals surface area (Å²) in [5.41, 5.74) is 0.888. The van der Waals surface area contributed by atoms with E-state index in [-0.39, 0.29) is 5.69 Å². The number of nitro benzene ring substituents is 1. The zero-order valence-electron chi connectivity index (χ0n) is 10.9. The number of hydrogen-bond donors (Lipinski definition) is 1. The molecule has 0 radical (unpaired) electrons. The van der Waals surface area contributed by atoms with E-state index >= 15 is 0 Å². The monoisotopic (exact) mass is 282 g/mol. The molecular formula is C14H19ClN2O2. The van der Waals surface area contributed by atoms with Gasteiger partial charge >= 0.3 is 0 Å². The highest BCUT2D eigenvalue weighted by Crippen LogP contribution is 2.27. The number of nitrogens with zero attached hydrogens (tertiary/aromatic N) is 1. The lowest BCUT2D eigenvalue weighted by Crippen LogP contribution is -2.17. The van der Waals surface area contributed by atoms with Crippen LogP contribution in [0.4, 0.5) is 5.69 Å². The Morgan fingerprint density at radius 2 is 2.11 bits per heavy atom. The van der Waals surface area contributed by atoms with Crippen LogP contribution in [0.15, 0.2) is 18.2 Å². The van der Waals surface area contributed by atoms with Crippen LogP contribution in [0, 0.1) is 16.0 Å². The molecule has 0 unspecified atom stereocenters. The van der Waals surface area contributed by atoms with Gasteiger partial charge in [-0.25, -0.2) is 0 Å². The van der Waals surface area contributed by atoms with Crippen molar-refractivity contribution in [3.63, 3.8) is 0 Å². The molecule has 1 aliphatic rings. The van der Waals surface area contributed by atoms with Gasteiger partial charge in [0.2, 0.25) is 0 Å². The summed E-state index contributed by atoms with van der Waals surface area (Å²) in [7, 11) is 0. The summed E-state index contributed by atoms with van der Waals surface area (Å²) in [6, 6.07) is 4.57. The third-order valence-electron chi connectivity index (χ3n) is 3.76. The van der Waals surface area contributed by atoms with Gasteiger partial charge in [0.1, 0.15) is 0 Å². The second kappa shape index (κ2) is 6.87. The summed E-state index contributed by atoms with van der Waals surface area (Å²) >= 11 is 6.04. The van der Waals surface area contributed by atoms with Crippen molar-refractivity contribution in [1.82, 2.24) is 5.32 Å². The van der Waals surface area contributed by atoms with E-state index in [1.165, 1.54) is 38.2 Å². The van der Waals surface area contributed by atoms with Crippen molar-refractivity contribution < 1.29 is 4.92 Å². The highest BCUT2D eigenvalue weighted by Gasteiger charge is 2.14. The van der Waals surface area contributed by atoms with Gasteiger partial charge in [0.15, 0.2) is 0 Å². The van der Waals surface area contributed by atoms with E-state index in [1.54, 1.807) is 12.1 Å². The van der Waals surface area contributed by atoms with Crippen LogP contribution < -0.4 is 5.32 Å². The van der Waals surface area contributed by atoms with Crippen molar-refractivity contribution in [2.75, 3.05) is 6.54 Å². The van der Waals surface area contributed by atoms with Crippen LogP contribution in [0.3, 0.4) is 0 Å². The first kappa shape index (κ1) is 14.3. The molecule has 1 aliphatic carbocycles. The SMILES string of the molecule is O=[N+]([O-])c1ccc(Cl)c(CNCCC2CCCC2)c1. The predicted molar refractivity (Wildman–Crippen MR) is 76.4 cm³/mol. The van der Waals surface area contributed by atoms with Crippen molar-refractivity contribution in [2.24, 2.45) is 5.92 Å². The number of halogens is 1. The summed E-state index contributed by atoms with van der Waals surface area (Å²) in [4.78, 5) is 10.3. The minimum absolute atomic E-state index is 0.0944. The van der Waals surface area contributed by atoms with E-state index < -0.39 is 4.92 Å². The van der Waals surface area contributed by atoms with Crippen molar-refractivity contribution in [3.8, 4) is 0 Å².